The van der Waals surface area contributed by atoms with Crippen LogP contribution in [0.1, 0.15) is 41.6 Å². The van der Waals surface area contributed by atoms with Crippen LogP contribution in [0, 0.1) is 11.3 Å². The molecule has 0 spiro atoms. The highest BCUT2D eigenvalue weighted by atomic mass is 35.5. The predicted molar refractivity (Wildman–Crippen MR) is 128 cm³/mol. The van der Waals surface area contributed by atoms with Crippen LogP contribution in [0.25, 0.3) is 0 Å². The van der Waals surface area contributed by atoms with Gasteiger partial charge in [0.05, 0.1) is 31.3 Å². The second-order valence-corrected chi connectivity index (χ2v) is 8.77. The number of carbonyl (C=O) groups is 2. The maximum Gasteiger partial charge on any atom is 0.337 e. The standard InChI is InChI=1S/C23H33N3O4.2ClH/c1-29-21(27)18-4-2-17(3-5-18)15-25-22(28)23-8-6-20(26-10-12-30-13-11-26)14-19(23)7-9-24-16-23;;/h2-5,19-20,24H,6-16H2,1H3,(H,25,28);2*1H/t19-,20-,23-;;/m1../s1. The third-order valence-corrected chi connectivity index (χ3v) is 7.21. The quantitative estimate of drug-likeness (QED) is 0.620. The van der Waals surface area contributed by atoms with Crippen LogP contribution < -0.4 is 10.6 Å². The zero-order valence-electron chi connectivity index (χ0n) is 18.6. The van der Waals surface area contributed by atoms with Gasteiger partial charge in [0.1, 0.15) is 0 Å². The van der Waals surface area contributed by atoms with E-state index >= 15 is 0 Å². The Balaban J connectivity index is 0.00000181. The van der Waals surface area contributed by atoms with Gasteiger partial charge in [0, 0.05) is 32.2 Å². The maximum atomic E-state index is 13.4. The Kier molecular flexibility index (Phi) is 10.2. The number of methoxy groups -OCH3 is 1. The summed E-state index contributed by atoms with van der Waals surface area (Å²) in [6, 6.07) is 7.80. The lowest BCUT2D eigenvalue weighted by atomic mass is 9.61. The van der Waals surface area contributed by atoms with Crippen LogP contribution >= 0.6 is 24.8 Å². The van der Waals surface area contributed by atoms with Crippen LogP contribution in [-0.2, 0) is 20.8 Å². The van der Waals surface area contributed by atoms with Gasteiger partial charge in [-0.05, 0) is 55.8 Å². The highest BCUT2D eigenvalue weighted by molar-refractivity contribution is 5.89. The lowest BCUT2D eigenvalue weighted by molar-refractivity contribution is -0.140. The molecule has 0 bridgehead atoms. The van der Waals surface area contributed by atoms with Crippen LogP contribution in [0.2, 0.25) is 0 Å². The number of ether oxygens (including phenoxy) is 2. The summed E-state index contributed by atoms with van der Waals surface area (Å²) >= 11 is 0. The predicted octanol–water partition coefficient (Wildman–Crippen LogP) is 2.41. The number of hydrogen-bond acceptors (Lipinski definition) is 6. The Morgan fingerprint density at radius 1 is 1.19 bits per heavy atom. The van der Waals surface area contributed by atoms with E-state index in [2.05, 4.69) is 15.5 Å². The van der Waals surface area contributed by atoms with Crippen LogP contribution in [0.3, 0.4) is 0 Å². The Morgan fingerprint density at radius 2 is 1.91 bits per heavy atom. The van der Waals surface area contributed by atoms with E-state index in [4.69, 9.17) is 9.47 Å². The van der Waals surface area contributed by atoms with Gasteiger partial charge in [-0.15, -0.1) is 24.8 Å². The number of halogens is 2. The van der Waals surface area contributed by atoms with Crippen molar-refractivity contribution in [2.45, 2.75) is 38.3 Å². The van der Waals surface area contributed by atoms with E-state index < -0.39 is 0 Å². The molecule has 1 aromatic carbocycles. The second-order valence-electron chi connectivity index (χ2n) is 8.77. The van der Waals surface area contributed by atoms with Crippen molar-refractivity contribution in [1.82, 2.24) is 15.5 Å². The van der Waals surface area contributed by atoms with Gasteiger partial charge in [-0.2, -0.15) is 0 Å². The molecule has 4 rings (SSSR count). The highest BCUT2D eigenvalue weighted by Crippen LogP contribution is 2.46. The summed E-state index contributed by atoms with van der Waals surface area (Å²) < 4.78 is 10.3. The Bertz CT molecular complexity index is 758. The van der Waals surface area contributed by atoms with Crippen LogP contribution in [0.15, 0.2) is 24.3 Å². The van der Waals surface area contributed by atoms with Crippen molar-refractivity contribution in [2.75, 3.05) is 46.5 Å². The molecule has 3 fully saturated rings. The van der Waals surface area contributed by atoms with E-state index in [9.17, 15) is 9.59 Å². The third-order valence-electron chi connectivity index (χ3n) is 7.21. The highest BCUT2D eigenvalue weighted by Gasteiger charge is 2.50. The van der Waals surface area contributed by atoms with Gasteiger partial charge < -0.3 is 20.1 Å². The zero-order valence-corrected chi connectivity index (χ0v) is 20.3. The molecule has 1 aliphatic carbocycles. The van der Waals surface area contributed by atoms with Crippen molar-refractivity contribution in [1.29, 1.82) is 0 Å². The van der Waals surface area contributed by atoms with Crippen LogP contribution in [0.4, 0.5) is 0 Å². The first-order valence-electron chi connectivity index (χ1n) is 11.1. The van der Waals surface area contributed by atoms with Crippen molar-refractivity contribution in [2.24, 2.45) is 11.3 Å². The van der Waals surface area contributed by atoms with Crippen molar-refractivity contribution in [3.05, 3.63) is 35.4 Å². The number of piperidine rings is 1. The number of rotatable bonds is 5. The molecule has 0 aromatic heterocycles. The number of fused-ring (bicyclic) bond motifs is 1. The van der Waals surface area contributed by atoms with Crippen molar-refractivity contribution in [3.8, 4) is 0 Å². The fourth-order valence-corrected chi connectivity index (χ4v) is 5.40. The average Bonchev–Trinajstić information content (AvgIpc) is 2.82. The fourth-order valence-electron chi connectivity index (χ4n) is 5.40. The topological polar surface area (TPSA) is 79.9 Å². The van der Waals surface area contributed by atoms with Crippen molar-refractivity contribution >= 4 is 36.7 Å². The zero-order chi connectivity index (χ0) is 21.0. The van der Waals surface area contributed by atoms with Gasteiger partial charge in [-0.3, -0.25) is 9.69 Å². The van der Waals surface area contributed by atoms with Crippen LogP contribution in [0.5, 0.6) is 0 Å². The molecule has 1 amide bonds. The largest absolute Gasteiger partial charge is 0.465 e. The first-order valence-corrected chi connectivity index (χ1v) is 11.1. The molecule has 2 heterocycles. The molecule has 1 saturated carbocycles. The minimum Gasteiger partial charge on any atom is -0.465 e. The maximum absolute atomic E-state index is 13.4. The molecule has 0 unspecified atom stereocenters. The van der Waals surface area contributed by atoms with Crippen molar-refractivity contribution in [3.63, 3.8) is 0 Å². The number of nitrogens with zero attached hydrogens (tertiary/aromatic N) is 1. The Morgan fingerprint density at radius 3 is 2.59 bits per heavy atom. The Hall–Kier alpha value is -1.38. The molecule has 7 nitrogen and oxygen atoms in total. The SMILES string of the molecule is COC(=O)c1ccc(CNC(=O)[C@@]23CC[C@@H](N4CCOCC4)C[C@H]2CCNC3)cc1.Cl.Cl. The van der Waals surface area contributed by atoms with Gasteiger partial charge in [-0.1, -0.05) is 12.1 Å². The van der Waals surface area contributed by atoms with Crippen LogP contribution in [-0.4, -0.2) is 69.3 Å². The van der Waals surface area contributed by atoms with Gasteiger partial charge in [0.15, 0.2) is 0 Å². The van der Waals surface area contributed by atoms with E-state index in [1.165, 1.54) is 7.11 Å². The summed E-state index contributed by atoms with van der Waals surface area (Å²) in [7, 11) is 1.37. The van der Waals surface area contributed by atoms with E-state index in [-0.39, 0.29) is 42.1 Å². The summed E-state index contributed by atoms with van der Waals surface area (Å²) in [5, 5.41) is 6.67. The molecule has 3 aliphatic rings. The van der Waals surface area contributed by atoms with E-state index in [0.717, 1.165) is 70.6 Å². The molecular weight excluding hydrogens is 453 g/mol. The number of morpholine rings is 1. The van der Waals surface area contributed by atoms with Gasteiger partial charge in [0.25, 0.3) is 0 Å². The number of amides is 1. The summed E-state index contributed by atoms with van der Waals surface area (Å²) in [4.78, 5) is 27.5. The first kappa shape index (κ1) is 26.9. The summed E-state index contributed by atoms with van der Waals surface area (Å²) in [6.07, 6.45) is 4.16. The molecular formula is C23H35Cl2N3O4. The molecule has 2 N–H and O–H groups in total. The van der Waals surface area contributed by atoms with E-state index in [1.807, 2.05) is 12.1 Å². The summed E-state index contributed by atoms with van der Waals surface area (Å²) in [5.41, 5.74) is 1.19. The number of nitrogens with one attached hydrogen (secondary N) is 2. The minimum absolute atomic E-state index is 0. The van der Waals surface area contributed by atoms with Gasteiger partial charge in [-0.25, -0.2) is 4.79 Å². The van der Waals surface area contributed by atoms with Gasteiger partial charge in [0.2, 0.25) is 5.91 Å². The number of carbonyl (C=O) groups excluding carboxylic acids is 2. The number of benzene rings is 1. The second kappa shape index (κ2) is 12.2. The third kappa shape index (κ3) is 5.75. The molecule has 2 saturated heterocycles. The minimum atomic E-state index is -0.349. The average molecular weight is 488 g/mol. The fraction of sp³-hybridized carbons (Fsp3) is 0.652. The van der Waals surface area contributed by atoms with Gasteiger partial charge >= 0.3 is 5.97 Å². The summed E-state index contributed by atoms with van der Waals surface area (Å²) in [6.45, 7) is 5.89. The lowest BCUT2D eigenvalue weighted by Gasteiger charge is -2.50. The Labute approximate surface area is 202 Å². The normalized spacial score (nSPS) is 27.8. The molecule has 3 atom stereocenters. The monoisotopic (exact) mass is 487 g/mol. The molecule has 9 heteroatoms. The molecule has 32 heavy (non-hydrogen) atoms. The molecule has 180 valence electrons. The van der Waals surface area contributed by atoms with E-state index in [0.29, 0.717) is 24.1 Å². The number of esters is 1. The number of hydrogen-bond donors (Lipinski definition) is 2. The smallest absolute Gasteiger partial charge is 0.337 e. The molecule has 0 radical (unpaired) electrons. The summed E-state index contributed by atoms with van der Waals surface area (Å²) in [5.74, 6) is 0.233. The molecule has 2 aliphatic heterocycles. The van der Waals surface area contributed by atoms with Crippen molar-refractivity contribution < 1.29 is 19.1 Å². The molecule has 1 aromatic rings. The lowest BCUT2D eigenvalue weighted by Crippen LogP contribution is -2.60. The van der Waals surface area contributed by atoms with E-state index in [1.54, 1.807) is 12.1 Å². The first-order chi connectivity index (χ1) is 14.6.